The van der Waals surface area contributed by atoms with Crippen LogP contribution < -0.4 is 9.80 Å². The van der Waals surface area contributed by atoms with Gasteiger partial charge in [-0.25, -0.2) is 0 Å². The van der Waals surface area contributed by atoms with Gasteiger partial charge in [0, 0.05) is 49.0 Å². The lowest BCUT2D eigenvalue weighted by Gasteiger charge is -2.37. The van der Waals surface area contributed by atoms with Gasteiger partial charge >= 0.3 is 0 Å². The van der Waals surface area contributed by atoms with Crippen molar-refractivity contribution in [1.29, 1.82) is 0 Å². The molecule has 6 rings (SSSR count). The van der Waals surface area contributed by atoms with Crippen LogP contribution in [0.2, 0.25) is 0 Å². The SMILES string of the molecule is O=C1c2cc(N3CCN(CCC(c4ccccc4)c4ccccc4)CC3)ccc2CN1c1ccc(O)cc1. The Hall–Kier alpha value is -4.09. The van der Waals surface area contributed by atoms with Gasteiger partial charge in [-0.3, -0.25) is 9.69 Å². The molecule has 0 bridgehead atoms. The van der Waals surface area contributed by atoms with Gasteiger partial charge in [0.1, 0.15) is 5.75 Å². The van der Waals surface area contributed by atoms with Crippen molar-refractivity contribution >= 4 is 17.3 Å². The molecule has 0 aliphatic carbocycles. The lowest BCUT2D eigenvalue weighted by Crippen LogP contribution is -2.46. The van der Waals surface area contributed by atoms with Gasteiger partial charge in [-0.15, -0.1) is 0 Å². The van der Waals surface area contributed by atoms with Gasteiger partial charge in [-0.2, -0.15) is 0 Å². The summed E-state index contributed by atoms with van der Waals surface area (Å²) < 4.78 is 0. The van der Waals surface area contributed by atoms with Crippen LogP contribution in [0.25, 0.3) is 0 Å². The van der Waals surface area contributed by atoms with Crippen LogP contribution in [0.5, 0.6) is 5.75 Å². The molecule has 0 aromatic heterocycles. The number of hydrogen-bond donors (Lipinski definition) is 1. The summed E-state index contributed by atoms with van der Waals surface area (Å²) in [5.74, 6) is 0.628. The van der Waals surface area contributed by atoms with Crippen LogP contribution in [-0.4, -0.2) is 48.6 Å². The molecule has 1 fully saturated rings. The Bertz CT molecular complexity index is 1340. The highest BCUT2D eigenvalue weighted by atomic mass is 16.3. The average molecular weight is 504 g/mol. The quantitative estimate of drug-likeness (QED) is 0.341. The molecule has 4 aromatic carbocycles. The average Bonchev–Trinajstić information content (AvgIpc) is 3.30. The summed E-state index contributed by atoms with van der Waals surface area (Å²) in [5.41, 5.74) is 6.52. The molecule has 1 saturated heterocycles. The second kappa shape index (κ2) is 10.7. The highest BCUT2D eigenvalue weighted by Gasteiger charge is 2.30. The zero-order valence-electron chi connectivity index (χ0n) is 21.5. The van der Waals surface area contributed by atoms with E-state index in [1.165, 1.54) is 11.1 Å². The number of nitrogens with zero attached hydrogens (tertiary/aromatic N) is 3. The number of benzene rings is 4. The van der Waals surface area contributed by atoms with E-state index in [9.17, 15) is 9.90 Å². The number of fused-ring (bicyclic) bond motifs is 1. The number of carbonyl (C=O) groups is 1. The Morgan fingerprint density at radius 3 is 1.95 bits per heavy atom. The molecule has 1 amide bonds. The Labute approximate surface area is 224 Å². The van der Waals surface area contributed by atoms with Crippen molar-refractivity contribution in [3.8, 4) is 5.75 Å². The van der Waals surface area contributed by atoms with E-state index in [4.69, 9.17) is 0 Å². The molecule has 0 atom stereocenters. The first kappa shape index (κ1) is 24.3. The largest absolute Gasteiger partial charge is 0.508 e. The first-order valence-corrected chi connectivity index (χ1v) is 13.5. The van der Waals surface area contributed by atoms with Crippen LogP contribution in [0.15, 0.2) is 103 Å². The number of anilines is 2. The lowest BCUT2D eigenvalue weighted by molar-refractivity contribution is 0.0996. The molecule has 0 unspecified atom stereocenters. The standard InChI is InChI=1S/C33H33N3O2/c37-30-15-13-28(14-16-30)36-24-27-11-12-29(23-32(27)33(36)38)35-21-19-34(20-22-35)18-17-31(25-7-3-1-4-8-25)26-9-5-2-6-10-26/h1-16,23,31,37H,17-22,24H2. The van der Waals surface area contributed by atoms with E-state index in [0.717, 1.165) is 61.6 Å². The van der Waals surface area contributed by atoms with Gasteiger partial charge in [-0.1, -0.05) is 66.7 Å². The summed E-state index contributed by atoms with van der Waals surface area (Å²) in [5, 5.41) is 9.59. The summed E-state index contributed by atoms with van der Waals surface area (Å²) in [4.78, 5) is 19.9. The van der Waals surface area contributed by atoms with Crippen LogP contribution >= 0.6 is 0 Å². The van der Waals surface area contributed by atoms with Crippen LogP contribution in [0.3, 0.4) is 0 Å². The molecule has 2 aliphatic rings. The van der Waals surface area contributed by atoms with Crippen molar-refractivity contribution in [2.75, 3.05) is 42.5 Å². The summed E-state index contributed by atoms with van der Waals surface area (Å²) in [6, 6.07) is 34.8. The maximum Gasteiger partial charge on any atom is 0.259 e. The first-order chi connectivity index (χ1) is 18.7. The summed E-state index contributed by atoms with van der Waals surface area (Å²) in [6.07, 6.45) is 1.09. The molecular weight excluding hydrogens is 470 g/mol. The number of amides is 1. The van der Waals surface area contributed by atoms with Gasteiger partial charge in [-0.05, 0) is 66.1 Å². The molecule has 38 heavy (non-hydrogen) atoms. The third kappa shape index (κ3) is 5.02. The zero-order chi connectivity index (χ0) is 25.9. The van der Waals surface area contributed by atoms with Crippen molar-refractivity contribution in [2.45, 2.75) is 18.9 Å². The summed E-state index contributed by atoms with van der Waals surface area (Å²) in [6.45, 7) is 5.57. The number of carbonyl (C=O) groups excluding carboxylic acids is 1. The molecule has 0 spiro atoms. The highest BCUT2D eigenvalue weighted by molar-refractivity contribution is 6.10. The fourth-order valence-corrected chi connectivity index (χ4v) is 5.76. The number of phenolic OH excluding ortho intramolecular Hbond substituents is 1. The molecule has 192 valence electrons. The molecule has 0 saturated carbocycles. The molecule has 0 radical (unpaired) electrons. The predicted octanol–water partition coefficient (Wildman–Crippen LogP) is 5.90. The first-order valence-electron chi connectivity index (χ1n) is 13.5. The second-order valence-electron chi connectivity index (χ2n) is 10.2. The fourth-order valence-electron chi connectivity index (χ4n) is 5.76. The Kier molecular flexibility index (Phi) is 6.84. The maximum absolute atomic E-state index is 13.2. The van der Waals surface area contributed by atoms with Crippen LogP contribution in [0.1, 0.15) is 39.4 Å². The van der Waals surface area contributed by atoms with E-state index in [1.54, 1.807) is 29.2 Å². The monoisotopic (exact) mass is 503 g/mol. The maximum atomic E-state index is 13.2. The van der Waals surface area contributed by atoms with E-state index in [1.807, 2.05) is 0 Å². The molecule has 5 nitrogen and oxygen atoms in total. The summed E-state index contributed by atoms with van der Waals surface area (Å²) in [7, 11) is 0. The third-order valence-electron chi connectivity index (χ3n) is 7.93. The second-order valence-corrected chi connectivity index (χ2v) is 10.2. The number of rotatable bonds is 7. The van der Waals surface area contributed by atoms with Crippen LogP contribution in [0, 0.1) is 0 Å². The third-order valence-corrected chi connectivity index (χ3v) is 7.93. The number of aromatic hydroxyl groups is 1. The van der Waals surface area contributed by atoms with E-state index >= 15 is 0 Å². The number of phenols is 1. The van der Waals surface area contributed by atoms with Gasteiger partial charge in [0.25, 0.3) is 5.91 Å². The van der Waals surface area contributed by atoms with Gasteiger partial charge < -0.3 is 14.9 Å². The van der Waals surface area contributed by atoms with E-state index in [-0.39, 0.29) is 11.7 Å². The number of hydrogen-bond acceptors (Lipinski definition) is 4. The van der Waals surface area contributed by atoms with Crippen molar-refractivity contribution in [3.05, 3.63) is 125 Å². The van der Waals surface area contributed by atoms with Crippen LogP contribution in [0.4, 0.5) is 11.4 Å². The normalized spacial score (nSPS) is 15.8. The van der Waals surface area contributed by atoms with E-state index in [0.29, 0.717) is 12.5 Å². The Balaban J connectivity index is 1.08. The van der Waals surface area contributed by atoms with E-state index < -0.39 is 0 Å². The molecule has 1 N–H and O–H groups in total. The van der Waals surface area contributed by atoms with Crippen molar-refractivity contribution in [3.63, 3.8) is 0 Å². The van der Waals surface area contributed by atoms with E-state index in [2.05, 4.69) is 88.7 Å². The van der Waals surface area contributed by atoms with Crippen molar-refractivity contribution in [1.82, 2.24) is 4.90 Å². The summed E-state index contributed by atoms with van der Waals surface area (Å²) >= 11 is 0. The minimum Gasteiger partial charge on any atom is -0.508 e. The molecule has 2 aliphatic heterocycles. The Morgan fingerprint density at radius 1 is 0.711 bits per heavy atom. The minimum absolute atomic E-state index is 0.0269. The molecular formula is C33H33N3O2. The van der Waals surface area contributed by atoms with Crippen molar-refractivity contribution < 1.29 is 9.90 Å². The van der Waals surface area contributed by atoms with Gasteiger partial charge in [0.2, 0.25) is 0 Å². The highest BCUT2D eigenvalue weighted by Crippen LogP contribution is 2.32. The zero-order valence-corrected chi connectivity index (χ0v) is 21.5. The lowest BCUT2D eigenvalue weighted by atomic mass is 9.88. The van der Waals surface area contributed by atoms with Gasteiger partial charge in [0.15, 0.2) is 0 Å². The Morgan fingerprint density at radius 2 is 1.32 bits per heavy atom. The number of piperazine rings is 1. The molecule has 5 heteroatoms. The smallest absolute Gasteiger partial charge is 0.259 e. The van der Waals surface area contributed by atoms with Crippen molar-refractivity contribution in [2.24, 2.45) is 0 Å². The molecule has 4 aromatic rings. The van der Waals surface area contributed by atoms with Crippen LogP contribution in [-0.2, 0) is 6.54 Å². The molecule has 2 heterocycles. The minimum atomic E-state index is 0.0269. The fraction of sp³-hybridized carbons (Fsp3) is 0.242. The topological polar surface area (TPSA) is 47.0 Å². The predicted molar refractivity (Wildman–Crippen MR) is 153 cm³/mol. The van der Waals surface area contributed by atoms with Gasteiger partial charge in [0.05, 0.1) is 6.54 Å².